The van der Waals surface area contributed by atoms with Crippen LogP contribution in [0.2, 0.25) is 0 Å². The number of hydrogen-bond donors (Lipinski definition) is 1. The summed E-state index contributed by atoms with van der Waals surface area (Å²) in [6.45, 7) is 6.92. The molecule has 0 spiro atoms. The Morgan fingerprint density at radius 2 is 2.00 bits per heavy atom. The van der Waals surface area contributed by atoms with Gasteiger partial charge in [0.15, 0.2) is 0 Å². The van der Waals surface area contributed by atoms with Crippen LogP contribution in [0.5, 0.6) is 0 Å². The van der Waals surface area contributed by atoms with Crippen molar-refractivity contribution < 1.29 is 4.79 Å². The first-order valence-electron chi connectivity index (χ1n) is 9.06. The minimum atomic E-state index is -0.361. The van der Waals surface area contributed by atoms with Crippen LogP contribution >= 0.6 is 0 Å². The summed E-state index contributed by atoms with van der Waals surface area (Å²) in [6.07, 6.45) is 5.45. The van der Waals surface area contributed by atoms with Gasteiger partial charge in [0.1, 0.15) is 18.7 Å². The van der Waals surface area contributed by atoms with Crippen LogP contribution in [-0.4, -0.2) is 45.2 Å². The van der Waals surface area contributed by atoms with E-state index in [1.165, 1.54) is 24.7 Å². The topological polar surface area (TPSA) is 63.1 Å². The molecule has 0 unspecified atom stereocenters. The number of amides is 1. The van der Waals surface area contributed by atoms with Gasteiger partial charge in [0.05, 0.1) is 6.04 Å². The van der Waals surface area contributed by atoms with E-state index < -0.39 is 0 Å². The highest BCUT2D eigenvalue weighted by Crippen LogP contribution is 2.26. The van der Waals surface area contributed by atoms with Crippen molar-refractivity contribution in [2.24, 2.45) is 5.92 Å². The van der Waals surface area contributed by atoms with Gasteiger partial charge >= 0.3 is 0 Å². The van der Waals surface area contributed by atoms with Gasteiger partial charge in [-0.05, 0) is 44.3 Å². The number of aromatic nitrogens is 3. The van der Waals surface area contributed by atoms with Crippen LogP contribution in [-0.2, 0) is 4.79 Å². The number of rotatable bonds is 6. The Morgan fingerprint density at radius 3 is 2.64 bits per heavy atom. The van der Waals surface area contributed by atoms with E-state index in [0.29, 0.717) is 6.54 Å². The number of nitrogens with one attached hydrogen (secondary N) is 1. The summed E-state index contributed by atoms with van der Waals surface area (Å²) >= 11 is 0. The van der Waals surface area contributed by atoms with Gasteiger partial charge in [-0.25, -0.2) is 9.67 Å². The lowest BCUT2D eigenvalue weighted by Gasteiger charge is -2.37. The molecule has 1 aliphatic rings. The summed E-state index contributed by atoms with van der Waals surface area (Å²) in [5, 5.41) is 7.16. The number of hydrogen-bond acceptors (Lipinski definition) is 4. The van der Waals surface area contributed by atoms with Crippen molar-refractivity contribution in [3.8, 4) is 0 Å². The Balaban J connectivity index is 1.66. The highest BCUT2D eigenvalue weighted by Gasteiger charge is 2.26. The van der Waals surface area contributed by atoms with Gasteiger partial charge in [0.25, 0.3) is 0 Å². The third-order valence-electron chi connectivity index (χ3n) is 5.13. The minimum Gasteiger partial charge on any atom is -0.352 e. The van der Waals surface area contributed by atoms with Crippen LogP contribution in [0, 0.1) is 5.92 Å². The monoisotopic (exact) mass is 341 g/mol. The molecule has 2 aromatic rings. The van der Waals surface area contributed by atoms with E-state index in [1.807, 2.05) is 13.0 Å². The predicted molar refractivity (Wildman–Crippen MR) is 96.9 cm³/mol. The lowest BCUT2D eigenvalue weighted by molar-refractivity contribution is -0.124. The number of benzene rings is 1. The maximum absolute atomic E-state index is 12.5. The van der Waals surface area contributed by atoms with Crippen molar-refractivity contribution in [3.63, 3.8) is 0 Å². The summed E-state index contributed by atoms with van der Waals surface area (Å²) in [5.41, 5.74) is 1.26. The zero-order valence-electron chi connectivity index (χ0n) is 15.0. The molecule has 2 atom stereocenters. The predicted octanol–water partition coefficient (Wildman–Crippen LogP) is 2.43. The number of nitrogens with zero attached hydrogens (tertiary/aromatic N) is 4. The number of carbonyl (C=O) groups is 1. The van der Waals surface area contributed by atoms with E-state index in [-0.39, 0.29) is 18.0 Å². The lowest BCUT2D eigenvalue weighted by Crippen LogP contribution is -2.43. The normalized spacial score (nSPS) is 18.6. The van der Waals surface area contributed by atoms with Crippen molar-refractivity contribution in [1.29, 1.82) is 0 Å². The Bertz CT molecular complexity index is 650. The van der Waals surface area contributed by atoms with Gasteiger partial charge in [0.2, 0.25) is 5.91 Å². The fourth-order valence-corrected chi connectivity index (χ4v) is 3.36. The smallest absolute Gasteiger partial charge is 0.244 e. The van der Waals surface area contributed by atoms with Gasteiger partial charge < -0.3 is 5.32 Å². The van der Waals surface area contributed by atoms with E-state index >= 15 is 0 Å². The summed E-state index contributed by atoms with van der Waals surface area (Å²) in [5.74, 6) is 0.756. The van der Waals surface area contributed by atoms with Crippen molar-refractivity contribution in [2.45, 2.75) is 38.8 Å². The summed E-state index contributed by atoms with van der Waals surface area (Å²) in [7, 11) is 0. The SMILES string of the molecule is CC1CCN([C@H](CNC(=O)[C@H](C)n2cncn2)c2ccccc2)CC1. The maximum Gasteiger partial charge on any atom is 0.244 e. The number of likely N-dealkylation sites (tertiary alicyclic amines) is 1. The molecule has 6 heteroatoms. The minimum absolute atomic E-state index is 0.0307. The molecular formula is C19H27N5O. The van der Waals surface area contributed by atoms with Crippen molar-refractivity contribution >= 4 is 5.91 Å². The average molecular weight is 341 g/mol. The van der Waals surface area contributed by atoms with Gasteiger partial charge in [-0.2, -0.15) is 5.10 Å². The van der Waals surface area contributed by atoms with Crippen LogP contribution in [0.1, 0.15) is 44.3 Å². The second-order valence-electron chi connectivity index (χ2n) is 6.94. The molecular weight excluding hydrogens is 314 g/mol. The van der Waals surface area contributed by atoms with Gasteiger partial charge in [-0.15, -0.1) is 0 Å². The quantitative estimate of drug-likeness (QED) is 0.876. The van der Waals surface area contributed by atoms with Crippen LogP contribution < -0.4 is 5.32 Å². The average Bonchev–Trinajstić information content (AvgIpc) is 3.18. The Hall–Kier alpha value is -2.21. The van der Waals surface area contributed by atoms with Crippen LogP contribution in [0.25, 0.3) is 0 Å². The zero-order chi connectivity index (χ0) is 17.6. The fourth-order valence-electron chi connectivity index (χ4n) is 3.36. The third-order valence-corrected chi connectivity index (χ3v) is 5.13. The first-order valence-corrected chi connectivity index (χ1v) is 9.06. The summed E-state index contributed by atoms with van der Waals surface area (Å²) < 4.78 is 1.58. The molecule has 25 heavy (non-hydrogen) atoms. The molecule has 0 bridgehead atoms. The number of carbonyl (C=O) groups excluding carboxylic acids is 1. The van der Waals surface area contributed by atoms with Crippen LogP contribution in [0.3, 0.4) is 0 Å². The largest absolute Gasteiger partial charge is 0.352 e. The molecule has 1 amide bonds. The molecule has 0 saturated carbocycles. The standard InChI is InChI=1S/C19H27N5O/c1-15-8-10-23(11-9-15)18(17-6-4-3-5-7-17)12-21-19(25)16(2)24-14-20-13-22-24/h3-7,13-16,18H,8-12H2,1-2H3,(H,21,25)/t16-,18+/m0/s1. The van der Waals surface area contributed by atoms with E-state index in [1.54, 1.807) is 11.0 Å². The first kappa shape index (κ1) is 17.6. The molecule has 134 valence electrons. The Labute approximate surface area is 149 Å². The van der Waals surface area contributed by atoms with E-state index in [2.05, 4.69) is 51.5 Å². The molecule has 3 rings (SSSR count). The molecule has 1 aromatic carbocycles. The van der Waals surface area contributed by atoms with E-state index in [0.717, 1.165) is 19.0 Å². The molecule has 6 nitrogen and oxygen atoms in total. The molecule has 1 N–H and O–H groups in total. The van der Waals surface area contributed by atoms with Gasteiger partial charge in [0, 0.05) is 6.54 Å². The highest BCUT2D eigenvalue weighted by molar-refractivity contribution is 5.79. The molecule has 1 fully saturated rings. The van der Waals surface area contributed by atoms with Crippen LogP contribution in [0.15, 0.2) is 43.0 Å². The molecule has 0 aliphatic carbocycles. The van der Waals surface area contributed by atoms with E-state index in [4.69, 9.17) is 0 Å². The maximum atomic E-state index is 12.5. The Kier molecular flexibility index (Phi) is 5.81. The summed E-state index contributed by atoms with van der Waals surface area (Å²) in [4.78, 5) is 18.9. The third kappa shape index (κ3) is 4.45. The molecule has 0 radical (unpaired) electrons. The summed E-state index contributed by atoms with van der Waals surface area (Å²) in [6, 6.07) is 10.3. The molecule has 1 saturated heterocycles. The van der Waals surface area contributed by atoms with Crippen LogP contribution in [0.4, 0.5) is 0 Å². The van der Waals surface area contributed by atoms with Gasteiger partial charge in [-0.1, -0.05) is 37.3 Å². The second kappa shape index (κ2) is 8.25. The van der Waals surface area contributed by atoms with Crippen molar-refractivity contribution in [2.75, 3.05) is 19.6 Å². The molecule has 1 aromatic heterocycles. The Morgan fingerprint density at radius 1 is 1.28 bits per heavy atom. The second-order valence-corrected chi connectivity index (χ2v) is 6.94. The van der Waals surface area contributed by atoms with Crippen molar-refractivity contribution in [3.05, 3.63) is 48.5 Å². The van der Waals surface area contributed by atoms with E-state index in [9.17, 15) is 4.79 Å². The highest BCUT2D eigenvalue weighted by atomic mass is 16.2. The lowest BCUT2D eigenvalue weighted by atomic mass is 9.95. The fraction of sp³-hybridized carbons (Fsp3) is 0.526. The first-order chi connectivity index (χ1) is 12.1. The van der Waals surface area contributed by atoms with Gasteiger partial charge in [-0.3, -0.25) is 9.69 Å². The number of piperidine rings is 1. The molecule has 2 heterocycles. The van der Waals surface area contributed by atoms with Crippen molar-refractivity contribution in [1.82, 2.24) is 25.0 Å². The molecule has 1 aliphatic heterocycles. The zero-order valence-corrected chi connectivity index (χ0v) is 15.0.